The van der Waals surface area contributed by atoms with Gasteiger partial charge in [-0.25, -0.2) is 0 Å². The normalized spacial score (nSPS) is 16.2. The molecule has 3 rings (SSSR count). The molecule has 0 spiro atoms. The minimum Gasteiger partial charge on any atom is -0.545 e. The molecule has 1 aromatic carbocycles. The van der Waals surface area contributed by atoms with Crippen molar-refractivity contribution in [2.75, 3.05) is 0 Å². The fourth-order valence-corrected chi connectivity index (χ4v) is 3.63. The third kappa shape index (κ3) is 2.72. The smallest absolute Gasteiger partial charge is 0.147 e. The molecule has 1 saturated carbocycles. The van der Waals surface area contributed by atoms with Crippen LogP contribution in [-0.2, 0) is 0 Å². The second-order valence-electron chi connectivity index (χ2n) is 5.15. The maximum atomic E-state index is 10.7. The molecule has 0 unspecified atom stereocenters. The van der Waals surface area contributed by atoms with Crippen LogP contribution in [0, 0.1) is 0 Å². The first-order valence-corrected chi connectivity index (χ1v) is 7.71. The Balaban J connectivity index is 1.80. The van der Waals surface area contributed by atoms with E-state index in [2.05, 4.69) is 10.2 Å². The number of aromatic carboxylic acids is 1. The lowest BCUT2D eigenvalue weighted by Gasteiger charge is -2.18. The third-order valence-electron chi connectivity index (χ3n) is 3.76. The van der Waals surface area contributed by atoms with E-state index < -0.39 is 5.97 Å². The molecule has 1 aliphatic carbocycles. The molecule has 0 N–H and O–H groups in total. The predicted molar refractivity (Wildman–Crippen MR) is 75.5 cm³/mol. The molecule has 0 radical (unpaired) electrons. The highest BCUT2D eigenvalue weighted by atomic mass is 32.1. The Morgan fingerprint density at radius 1 is 1.10 bits per heavy atom. The van der Waals surface area contributed by atoms with Crippen LogP contribution in [0.3, 0.4) is 0 Å². The Morgan fingerprint density at radius 2 is 1.80 bits per heavy atom. The molecule has 104 valence electrons. The lowest BCUT2D eigenvalue weighted by Crippen LogP contribution is -2.21. The molecule has 0 bridgehead atoms. The highest BCUT2D eigenvalue weighted by Crippen LogP contribution is 2.36. The van der Waals surface area contributed by atoms with E-state index in [-0.39, 0.29) is 5.56 Å². The zero-order valence-electron chi connectivity index (χ0n) is 11.0. The van der Waals surface area contributed by atoms with Crippen LogP contribution in [0.15, 0.2) is 24.3 Å². The van der Waals surface area contributed by atoms with Crippen molar-refractivity contribution in [1.29, 1.82) is 0 Å². The lowest BCUT2D eigenvalue weighted by atomic mass is 9.90. The van der Waals surface area contributed by atoms with Gasteiger partial charge in [0.05, 0.1) is 5.97 Å². The van der Waals surface area contributed by atoms with Crippen LogP contribution in [0.5, 0.6) is 0 Å². The van der Waals surface area contributed by atoms with Gasteiger partial charge in [-0.1, -0.05) is 54.9 Å². The molecular weight excluding hydrogens is 272 g/mol. The number of hydrogen-bond acceptors (Lipinski definition) is 5. The van der Waals surface area contributed by atoms with Crippen molar-refractivity contribution in [3.63, 3.8) is 0 Å². The highest BCUT2D eigenvalue weighted by Gasteiger charge is 2.19. The minimum absolute atomic E-state index is 0.186. The lowest BCUT2D eigenvalue weighted by molar-refractivity contribution is -0.255. The van der Waals surface area contributed by atoms with Crippen molar-refractivity contribution < 1.29 is 9.90 Å². The zero-order chi connectivity index (χ0) is 13.9. The van der Waals surface area contributed by atoms with Crippen LogP contribution >= 0.6 is 11.3 Å². The number of carboxylic acids is 1. The number of benzene rings is 1. The Labute approximate surface area is 121 Å². The fraction of sp³-hybridized carbons (Fsp3) is 0.400. The van der Waals surface area contributed by atoms with Gasteiger partial charge >= 0.3 is 0 Å². The van der Waals surface area contributed by atoms with Crippen molar-refractivity contribution in [3.05, 3.63) is 34.8 Å². The van der Waals surface area contributed by atoms with Gasteiger partial charge in [0, 0.05) is 11.5 Å². The molecule has 1 aliphatic rings. The molecule has 4 nitrogen and oxygen atoms in total. The van der Waals surface area contributed by atoms with E-state index in [1.54, 1.807) is 35.6 Å². The minimum atomic E-state index is -1.16. The van der Waals surface area contributed by atoms with Crippen molar-refractivity contribution in [3.8, 4) is 10.6 Å². The molecule has 1 aromatic heterocycles. The average molecular weight is 287 g/mol. The quantitative estimate of drug-likeness (QED) is 0.870. The summed E-state index contributed by atoms with van der Waals surface area (Å²) in [7, 11) is 0. The van der Waals surface area contributed by atoms with Gasteiger partial charge in [0.25, 0.3) is 0 Å². The van der Waals surface area contributed by atoms with Crippen LogP contribution in [0.4, 0.5) is 0 Å². The Kier molecular flexibility index (Phi) is 3.78. The summed E-state index contributed by atoms with van der Waals surface area (Å²) in [6, 6.07) is 6.62. The summed E-state index contributed by atoms with van der Waals surface area (Å²) in [5.74, 6) is -0.603. The molecule has 0 aliphatic heterocycles. The number of carboxylic acid groups (broad SMARTS) is 1. The van der Waals surface area contributed by atoms with E-state index in [4.69, 9.17) is 0 Å². The standard InChI is InChI=1S/C15H16N2O2S/c18-15(19)12-8-6-11(7-9-12)14-17-16-13(20-14)10-4-2-1-3-5-10/h6-10H,1-5H2,(H,18,19)/p-1. The maximum absolute atomic E-state index is 10.7. The van der Waals surface area contributed by atoms with Crippen molar-refractivity contribution in [2.24, 2.45) is 0 Å². The molecule has 0 amide bonds. The average Bonchev–Trinajstić information content (AvgIpc) is 2.98. The summed E-state index contributed by atoms with van der Waals surface area (Å²) < 4.78 is 0. The maximum Gasteiger partial charge on any atom is 0.147 e. The highest BCUT2D eigenvalue weighted by molar-refractivity contribution is 7.14. The summed E-state index contributed by atoms with van der Waals surface area (Å²) in [5.41, 5.74) is 1.10. The Morgan fingerprint density at radius 3 is 2.45 bits per heavy atom. The molecule has 1 fully saturated rings. The van der Waals surface area contributed by atoms with Gasteiger partial charge in [0.1, 0.15) is 10.0 Å². The first-order valence-electron chi connectivity index (χ1n) is 6.89. The fourth-order valence-electron chi connectivity index (χ4n) is 2.61. The van der Waals surface area contributed by atoms with Crippen LogP contribution in [0.25, 0.3) is 10.6 Å². The van der Waals surface area contributed by atoms with Crippen LogP contribution in [0.1, 0.15) is 53.4 Å². The van der Waals surface area contributed by atoms with Gasteiger partial charge in [-0.15, -0.1) is 10.2 Å². The molecular formula is C15H15N2O2S-. The van der Waals surface area contributed by atoms with E-state index >= 15 is 0 Å². The summed E-state index contributed by atoms with van der Waals surface area (Å²) in [5, 5.41) is 21.2. The van der Waals surface area contributed by atoms with Crippen molar-refractivity contribution >= 4 is 17.3 Å². The summed E-state index contributed by atoms with van der Waals surface area (Å²) >= 11 is 1.62. The van der Waals surface area contributed by atoms with E-state index in [9.17, 15) is 9.90 Å². The first-order chi connectivity index (χ1) is 9.74. The van der Waals surface area contributed by atoms with Gasteiger partial charge in [0.2, 0.25) is 0 Å². The van der Waals surface area contributed by atoms with Crippen LogP contribution in [-0.4, -0.2) is 16.2 Å². The molecule has 20 heavy (non-hydrogen) atoms. The van der Waals surface area contributed by atoms with E-state index in [0.29, 0.717) is 5.92 Å². The molecule has 0 atom stereocenters. The molecule has 5 heteroatoms. The molecule has 1 heterocycles. The monoisotopic (exact) mass is 287 g/mol. The van der Waals surface area contributed by atoms with Gasteiger partial charge in [-0.05, 0) is 18.4 Å². The number of carbonyl (C=O) groups excluding carboxylic acids is 1. The number of carbonyl (C=O) groups is 1. The second kappa shape index (κ2) is 5.71. The second-order valence-corrected chi connectivity index (χ2v) is 6.15. The van der Waals surface area contributed by atoms with Gasteiger partial charge in [0.15, 0.2) is 0 Å². The number of hydrogen-bond donors (Lipinski definition) is 0. The Bertz CT molecular complexity index is 601. The van der Waals surface area contributed by atoms with Gasteiger partial charge in [-0.2, -0.15) is 0 Å². The first kappa shape index (κ1) is 13.2. The topological polar surface area (TPSA) is 65.9 Å². The number of rotatable bonds is 3. The number of aromatic nitrogens is 2. The molecule has 2 aromatic rings. The largest absolute Gasteiger partial charge is 0.545 e. The third-order valence-corrected chi connectivity index (χ3v) is 4.90. The van der Waals surface area contributed by atoms with E-state index in [1.165, 1.54) is 32.1 Å². The summed E-state index contributed by atoms with van der Waals surface area (Å²) in [4.78, 5) is 10.7. The van der Waals surface area contributed by atoms with Crippen LogP contribution in [0.2, 0.25) is 0 Å². The molecule has 0 saturated heterocycles. The zero-order valence-corrected chi connectivity index (χ0v) is 11.9. The van der Waals surface area contributed by atoms with E-state index in [1.807, 2.05) is 0 Å². The van der Waals surface area contributed by atoms with Gasteiger partial charge < -0.3 is 9.90 Å². The predicted octanol–water partition coefficient (Wildman–Crippen LogP) is 2.62. The summed E-state index contributed by atoms with van der Waals surface area (Å²) in [6.07, 6.45) is 6.29. The SMILES string of the molecule is O=C([O-])c1ccc(-c2nnc(C3CCCCC3)s2)cc1. The van der Waals surface area contributed by atoms with E-state index in [0.717, 1.165) is 15.6 Å². The van der Waals surface area contributed by atoms with Crippen molar-refractivity contribution in [2.45, 2.75) is 38.0 Å². The van der Waals surface area contributed by atoms with Crippen LogP contribution < -0.4 is 5.11 Å². The summed E-state index contributed by atoms with van der Waals surface area (Å²) in [6.45, 7) is 0. The number of nitrogens with zero attached hydrogens (tertiary/aromatic N) is 2. The van der Waals surface area contributed by atoms with Crippen molar-refractivity contribution in [1.82, 2.24) is 10.2 Å². The van der Waals surface area contributed by atoms with Gasteiger partial charge in [-0.3, -0.25) is 0 Å². The Hall–Kier alpha value is -1.75.